The fourth-order valence-electron chi connectivity index (χ4n) is 3.25. The Bertz CT molecular complexity index is 889. The smallest absolute Gasteiger partial charge is 0.244 e. The molecule has 1 aliphatic heterocycles. The molecule has 0 bridgehead atoms. The molecule has 0 atom stereocenters. The molecule has 0 unspecified atom stereocenters. The van der Waals surface area contributed by atoms with Gasteiger partial charge in [-0.1, -0.05) is 12.1 Å². The largest absolute Gasteiger partial charge is 0.378 e. The number of morpholine rings is 1. The molecule has 7 heteroatoms. The number of carbonyl (C=O) groups excluding carboxylic acids is 3. The summed E-state index contributed by atoms with van der Waals surface area (Å²) < 4.78 is 5.40. The number of rotatable bonds is 6. The summed E-state index contributed by atoms with van der Waals surface area (Å²) >= 11 is 0. The first kappa shape index (κ1) is 20.5. The third-order valence-electron chi connectivity index (χ3n) is 4.80. The van der Waals surface area contributed by atoms with Crippen molar-refractivity contribution in [3.05, 3.63) is 54.1 Å². The molecule has 29 heavy (non-hydrogen) atoms. The van der Waals surface area contributed by atoms with Crippen LogP contribution in [0.1, 0.15) is 24.2 Å². The van der Waals surface area contributed by atoms with Crippen LogP contribution in [-0.2, 0) is 14.3 Å². The van der Waals surface area contributed by atoms with Crippen molar-refractivity contribution in [2.45, 2.75) is 13.8 Å². The van der Waals surface area contributed by atoms with Crippen molar-refractivity contribution in [2.24, 2.45) is 0 Å². The lowest BCUT2D eigenvalue weighted by molar-refractivity contribution is -0.120. The van der Waals surface area contributed by atoms with Gasteiger partial charge in [-0.2, -0.15) is 0 Å². The number of hydrogen-bond donors (Lipinski definition) is 1. The second-order valence-electron chi connectivity index (χ2n) is 6.87. The van der Waals surface area contributed by atoms with Crippen molar-refractivity contribution in [3.8, 4) is 0 Å². The summed E-state index contributed by atoms with van der Waals surface area (Å²) in [5, 5.41) is 2.92. The molecule has 7 nitrogen and oxygen atoms in total. The molecule has 2 aromatic carbocycles. The average molecular weight is 395 g/mol. The summed E-state index contributed by atoms with van der Waals surface area (Å²) in [4.78, 5) is 39.8. The monoisotopic (exact) mass is 395 g/mol. The second kappa shape index (κ2) is 9.34. The molecule has 1 aliphatic rings. The van der Waals surface area contributed by atoms with Gasteiger partial charge in [-0.3, -0.25) is 14.4 Å². The molecule has 152 valence electrons. The highest BCUT2D eigenvalue weighted by Gasteiger charge is 2.19. The molecule has 0 saturated carbocycles. The van der Waals surface area contributed by atoms with Crippen LogP contribution in [0.2, 0.25) is 0 Å². The van der Waals surface area contributed by atoms with Crippen LogP contribution in [-0.4, -0.2) is 50.4 Å². The third-order valence-corrected chi connectivity index (χ3v) is 4.80. The predicted molar refractivity (Wildman–Crippen MR) is 113 cm³/mol. The first-order valence-corrected chi connectivity index (χ1v) is 9.56. The van der Waals surface area contributed by atoms with Crippen molar-refractivity contribution in [1.29, 1.82) is 0 Å². The number of nitrogens with one attached hydrogen (secondary N) is 1. The number of para-hydroxylation sites is 2. The topological polar surface area (TPSA) is 79.0 Å². The molecule has 1 N–H and O–H groups in total. The van der Waals surface area contributed by atoms with E-state index in [1.165, 1.54) is 18.7 Å². The quantitative estimate of drug-likeness (QED) is 0.761. The van der Waals surface area contributed by atoms with Crippen molar-refractivity contribution in [3.63, 3.8) is 0 Å². The Morgan fingerprint density at radius 2 is 1.66 bits per heavy atom. The van der Waals surface area contributed by atoms with Gasteiger partial charge >= 0.3 is 0 Å². The first-order valence-electron chi connectivity index (χ1n) is 9.56. The van der Waals surface area contributed by atoms with E-state index in [0.717, 1.165) is 18.8 Å². The molecule has 2 amide bonds. The number of amides is 2. The summed E-state index contributed by atoms with van der Waals surface area (Å²) in [6.07, 6.45) is 0. The molecule has 0 spiro atoms. The summed E-state index contributed by atoms with van der Waals surface area (Å²) in [7, 11) is 0. The molecule has 1 saturated heterocycles. The number of ether oxygens (including phenoxy) is 1. The van der Waals surface area contributed by atoms with Crippen LogP contribution in [0.5, 0.6) is 0 Å². The van der Waals surface area contributed by atoms with Crippen LogP contribution in [0.4, 0.5) is 17.1 Å². The van der Waals surface area contributed by atoms with Crippen molar-refractivity contribution < 1.29 is 19.1 Å². The zero-order valence-corrected chi connectivity index (χ0v) is 16.7. The molecular weight excluding hydrogens is 370 g/mol. The van der Waals surface area contributed by atoms with Crippen molar-refractivity contribution in [1.82, 2.24) is 0 Å². The Morgan fingerprint density at radius 1 is 1.00 bits per heavy atom. The number of nitrogens with zero attached hydrogens (tertiary/aromatic N) is 2. The second-order valence-corrected chi connectivity index (χ2v) is 6.87. The van der Waals surface area contributed by atoms with Gasteiger partial charge in [-0.15, -0.1) is 0 Å². The number of hydrogen-bond acceptors (Lipinski definition) is 5. The van der Waals surface area contributed by atoms with Crippen molar-refractivity contribution >= 4 is 34.7 Å². The lowest BCUT2D eigenvalue weighted by atomic mass is 10.1. The molecule has 2 aromatic rings. The molecular formula is C22H25N3O4. The van der Waals surface area contributed by atoms with Crippen LogP contribution in [0.25, 0.3) is 0 Å². The standard InChI is InChI=1S/C22H25N3O4/c1-16(26)18-7-9-19(10-8-18)25(17(2)27)15-22(28)23-20-5-3-4-6-21(20)24-11-13-29-14-12-24/h3-10H,11-15H2,1-2H3,(H,23,28). The molecule has 3 rings (SSSR count). The molecule has 1 fully saturated rings. The van der Waals surface area contributed by atoms with E-state index in [-0.39, 0.29) is 24.1 Å². The summed E-state index contributed by atoms with van der Waals surface area (Å²) in [5.74, 6) is -0.600. The maximum Gasteiger partial charge on any atom is 0.244 e. The normalized spacial score (nSPS) is 13.7. The van der Waals surface area contributed by atoms with E-state index >= 15 is 0 Å². The van der Waals surface area contributed by atoms with Gasteiger partial charge in [-0.05, 0) is 43.3 Å². The predicted octanol–water partition coefficient (Wildman–Crippen LogP) is 2.72. The zero-order chi connectivity index (χ0) is 20.8. The fourth-order valence-corrected chi connectivity index (χ4v) is 3.25. The maximum atomic E-state index is 12.7. The Hall–Kier alpha value is -3.19. The van der Waals surface area contributed by atoms with Crippen LogP contribution in [0.15, 0.2) is 48.5 Å². The van der Waals surface area contributed by atoms with E-state index in [0.29, 0.717) is 30.2 Å². The summed E-state index contributed by atoms with van der Waals surface area (Å²) in [6, 6.07) is 14.3. The van der Waals surface area contributed by atoms with E-state index in [4.69, 9.17) is 4.74 Å². The first-order chi connectivity index (χ1) is 14.0. The van der Waals surface area contributed by atoms with Crippen LogP contribution in [0, 0.1) is 0 Å². The van der Waals surface area contributed by atoms with Gasteiger partial charge in [0.25, 0.3) is 0 Å². The fraction of sp³-hybridized carbons (Fsp3) is 0.318. The SMILES string of the molecule is CC(=O)c1ccc(N(CC(=O)Nc2ccccc2N2CCOCC2)C(C)=O)cc1. The number of anilines is 3. The van der Waals surface area contributed by atoms with Crippen LogP contribution in [0.3, 0.4) is 0 Å². The van der Waals surface area contributed by atoms with Crippen LogP contribution >= 0.6 is 0 Å². The molecule has 0 radical (unpaired) electrons. The molecule has 1 heterocycles. The zero-order valence-electron chi connectivity index (χ0n) is 16.7. The molecule has 0 aliphatic carbocycles. The summed E-state index contributed by atoms with van der Waals surface area (Å²) in [6.45, 7) is 5.59. The Balaban J connectivity index is 1.73. The number of Topliss-reactive ketones (excluding diaryl/α,β-unsaturated/α-hetero) is 1. The highest BCUT2D eigenvalue weighted by molar-refractivity contribution is 6.03. The van der Waals surface area contributed by atoms with Gasteiger partial charge in [0.2, 0.25) is 11.8 Å². The van der Waals surface area contributed by atoms with Gasteiger partial charge in [-0.25, -0.2) is 0 Å². The molecule has 0 aromatic heterocycles. The van der Waals surface area contributed by atoms with Crippen molar-refractivity contribution in [2.75, 3.05) is 48.0 Å². The van der Waals surface area contributed by atoms with E-state index in [2.05, 4.69) is 10.2 Å². The maximum absolute atomic E-state index is 12.7. The lowest BCUT2D eigenvalue weighted by Crippen LogP contribution is -2.38. The highest BCUT2D eigenvalue weighted by atomic mass is 16.5. The minimum absolute atomic E-state index is 0.0524. The number of benzene rings is 2. The lowest BCUT2D eigenvalue weighted by Gasteiger charge is -2.30. The van der Waals surface area contributed by atoms with E-state index in [1.807, 2.05) is 24.3 Å². The van der Waals surface area contributed by atoms with Gasteiger partial charge in [0, 0.05) is 31.3 Å². The Kier molecular flexibility index (Phi) is 6.61. The summed E-state index contributed by atoms with van der Waals surface area (Å²) in [5.41, 5.74) is 2.76. The minimum atomic E-state index is -0.295. The third kappa shape index (κ3) is 5.20. The number of carbonyl (C=O) groups is 3. The van der Waals surface area contributed by atoms with Gasteiger partial charge < -0.3 is 19.9 Å². The van der Waals surface area contributed by atoms with Crippen LogP contribution < -0.4 is 15.1 Å². The van der Waals surface area contributed by atoms with Gasteiger partial charge in [0.15, 0.2) is 5.78 Å². The minimum Gasteiger partial charge on any atom is -0.378 e. The van der Waals surface area contributed by atoms with E-state index in [1.54, 1.807) is 24.3 Å². The van der Waals surface area contributed by atoms with E-state index in [9.17, 15) is 14.4 Å². The van der Waals surface area contributed by atoms with E-state index < -0.39 is 0 Å². The van der Waals surface area contributed by atoms with Gasteiger partial charge in [0.05, 0.1) is 24.6 Å². The number of ketones is 1. The highest BCUT2D eigenvalue weighted by Crippen LogP contribution is 2.26. The Labute approximate surface area is 170 Å². The van der Waals surface area contributed by atoms with Gasteiger partial charge in [0.1, 0.15) is 6.54 Å². The average Bonchev–Trinajstić information content (AvgIpc) is 2.73. The Morgan fingerprint density at radius 3 is 2.28 bits per heavy atom.